The van der Waals surface area contributed by atoms with Gasteiger partial charge in [0.1, 0.15) is 6.07 Å². The summed E-state index contributed by atoms with van der Waals surface area (Å²) in [6.07, 6.45) is 0.829. The third-order valence-electron chi connectivity index (χ3n) is 2.34. The summed E-state index contributed by atoms with van der Waals surface area (Å²) in [4.78, 5) is 11.6. The van der Waals surface area contributed by atoms with E-state index in [0.29, 0.717) is 16.5 Å². The molecular weight excluding hydrogens is 270 g/mol. The summed E-state index contributed by atoms with van der Waals surface area (Å²) >= 11 is 3.32. The van der Waals surface area contributed by atoms with Crippen LogP contribution < -0.4 is 0 Å². The number of carbonyl (C=O) groups is 1. The fraction of sp³-hybridized carbons (Fsp3) is 0.333. The second-order valence-electron chi connectivity index (χ2n) is 3.27. The predicted octanol–water partition coefficient (Wildman–Crippen LogP) is 2.80. The molecule has 3 nitrogen and oxygen atoms in total. The Labute approximate surface area is 103 Å². The number of esters is 1. The summed E-state index contributed by atoms with van der Waals surface area (Å²) in [7, 11) is 1.31. The minimum Gasteiger partial charge on any atom is -0.465 e. The van der Waals surface area contributed by atoms with E-state index in [1.165, 1.54) is 7.11 Å². The third-order valence-corrected chi connectivity index (χ3v) is 2.95. The van der Waals surface area contributed by atoms with Gasteiger partial charge in [-0.05, 0) is 23.6 Å². The summed E-state index contributed by atoms with van der Waals surface area (Å²) < 4.78 is 4.68. The Morgan fingerprint density at radius 3 is 2.69 bits per heavy atom. The van der Waals surface area contributed by atoms with E-state index in [9.17, 15) is 4.79 Å². The molecule has 0 fully saturated rings. The maximum absolute atomic E-state index is 11.6. The number of nitrogens with zero attached hydrogens (tertiary/aromatic N) is 1. The molecule has 0 radical (unpaired) electrons. The lowest BCUT2D eigenvalue weighted by Gasteiger charge is -2.09. The van der Waals surface area contributed by atoms with Crippen molar-refractivity contribution in [2.24, 2.45) is 0 Å². The Hall–Kier alpha value is -1.34. The van der Waals surface area contributed by atoms with E-state index < -0.39 is 5.97 Å². The topological polar surface area (TPSA) is 50.1 Å². The highest BCUT2D eigenvalue weighted by atomic mass is 79.9. The number of methoxy groups -OCH3 is 1. The van der Waals surface area contributed by atoms with Crippen LogP contribution in [0.25, 0.3) is 0 Å². The summed E-state index contributed by atoms with van der Waals surface area (Å²) in [5, 5.41) is 9.56. The van der Waals surface area contributed by atoms with Gasteiger partial charge < -0.3 is 4.74 Å². The molecule has 0 saturated carbocycles. The van der Waals surface area contributed by atoms with Crippen LogP contribution in [0.1, 0.15) is 34.0 Å². The Morgan fingerprint density at radius 2 is 2.25 bits per heavy atom. The number of alkyl halides is 1. The van der Waals surface area contributed by atoms with Crippen molar-refractivity contribution in [3.8, 4) is 6.07 Å². The average molecular weight is 282 g/mol. The summed E-state index contributed by atoms with van der Waals surface area (Å²) in [5.74, 6) is -0.464. The molecule has 0 unspecified atom stereocenters. The molecule has 16 heavy (non-hydrogen) atoms. The van der Waals surface area contributed by atoms with E-state index in [-0.39, 0.29) is 0 Å². The van der Waals surface area contributed by atoms with Crippen LogP contribution >= 0.6 is 15.9 Å². The van der Waals surface area contributed by atoms with Crippen LogP contribution in [0.4, 0.5) is 0 Å². The lowest BCUT2D eigenvalue weighted by molar-refractivity contribution is 0.0599. The molecule has 4 heteroatoms. The second-order valence-corrected chi connectivity index (χ2v) is 3.83. The van der Waals surface area contributed by atoms with Gasteiger partial charge >= 0.3 is 5.97 Å². The molecule has 0 heterocycles. The smallest absolute Gasteiger partial charge is 0.339 e. The van der Waals surface area contributed by atoms with E-state index in [1.807, 2.05) is 19.1 Å². The number of hydrogen-bond acceptors (Lipinski definition) is 3. The van der Waals surface area contributed by atoms with Crippen molar-refractivity contribution in [3.05, 3.63) is 34.4 Å². The minimum atomic E-state index is -0.464. The van der Waals surface area contributed by atoms with E-state index in [0.717, 1.165) is 17.5 Å². The van der Waals surface area contributed by atoms with Crippen molar-refractivity contribution in [2.75, 3.05) is 7.11 Å². The van der Waals surface area contributed by atoms with Crippen LogP contribution in [0.5, 0.6) is 0 Å². The Kier molecular flexibility index (Phi) is 4.51. The first kappa shape index (κ1) is 12.7. The highest BCUT2D eigenvalue weighted by Crippen LogP contribution is 2.21. The van der Waals surface area contributed by atoms with Gasteiger partial charge in [0.25, 0.3) is 0 Å². The quantitative estimate of drug-likeness (QED) is 0.632. The highest BCUT2D eigenvalue weighted by molar-refractivity contribution is 9.08. The molecule has 0 aliphatic rings. The Morgan fingerprint density at radius 1 is 1.56 bits per heavy atom. The van der Waals surface area contributed by atoms with Gasteiger partial charge in [-0.1, -0.05) is 28.9 Å². The first-order chi connectivity index (χ1) is 7.67. The molecule has 0 spiro atoms. The molecule has 0 amide bonds. The van der Waals surface area contributed by atoms with Crippen LogP contribution in [-0.4, -0.2) is 13.1 Å². The Balaban J connectivity index is 3.45. The molecule has 0 saturated heterocycles. The van der Waals surface area contributed by atoms with E-state index in [4.69, 9.17) is 5.26 Å². The van der Waals surface area contributed by atoms with Crippen molar-refractivity contribution in [2.45, 2.75) is 18.7 Å². The lowest BCUT2D eigenvalue weighted by Crippen LogP contribution is -2.08. The predicted molar refractivity (Wildman–Crippen MR) is 64.5 cm³/mol. The van der Waals surface area contributed by atoms with E-state index in [1.54, 1.807) is 6.07 Å². The molecule has 0 N–H and O–H groups in total. The molecule has 1 rings (SSSR count). The van der Waals surface area contributed by atoms with Gasteiger partial charge in [-0.15, -0.1) is 0 Å². The van der Waals surface area contributed by atoms with Gasteiger partial charge in [-0.3, -0.25) is 0 Å². The van der Waals surface area contributed by atoms with Crippen molar-refractivity contribution in [1.82, 2.24) is 0 Å². The van der Waals surface area contributed by atoms with Gasteiger partial charge in [0.05, 0.1) is 18.2 Å². The first-order valence-corrected chi connectivity index (χ1v) is 6.00. The van der Waals surface area contributed by atoms with Crippen molar-refractivity contribution >= 4 is 21.9 Å². The zero-order valence-electron chi connectivity index (χ0n) is 9.21. The zero-order valence-corrected chi connectivity index (χ0v) is 10.8. The van der Waals surface area contributed by atoms with Gasteiger partial charge in [0.2, 0.25) is 0 Å². The maximum Gasteiger partial charge on any atom is 0.339 e. The normalized spacial score (nSPS) is 9.62. The number of rotatable bonds is 3. The molecule has 1 aromatic rings. The fourth-order valence-corrected chi connectivity index (χ4v) is 1.95. The van der Waals surface area contributed by atoms with Crippen molar-refractivity contribution in [3.63, 3.8) is 0 Å². The molecular formula is C12H12BrNO2. The minimum absolute atomic E-state index is 0.360. The zero-order chi connectivity index (χ0) is 12.1. The second kappa shape index (κ2) is 5.66. The summed E-state index contributed by atoms with van der Waals surface area (Å²) in [5.41, 5.74) is 2.57. The number of nitriles is 1. The van der Waals surface area contributed by atoms with E-state index >= 15 is 0 Å². The molecule has 0 atom stereocenters. The Bertz CT molecular complexity index is 449. The standard InChI is InChI=1S/C12H12BrNO2/c1-3-8-4-9(6-13)11(12(15)16-2)10(5-8)7-14/h4-5H,3,6H2,1-2H3. The number of halogens is 1. The number of aryl methyl sites for hydroxylation is 1. The first-order valence-electron chi connectivity index (χ1n) is 4.88. The largest absolute Gasteiger partial charge is 0.465 e. The number of hydrogen-bond donors (Lipinski definition) is 0. The number of carbonyl (C=O) groups excluding carboxylic acids is 1. The van der Waals surface area contributed by atoms with Gasteiger partial charge in [0, 0.05) is 5.33 Å². The number of benzene rings is 1. The SMILES string of the molecule is CCc1cc(C#N)c(C(=O)OC)c(CBr)c1. The molecule has 0 aromatic heterocycles. The van der Waals surface area contributed by atoms with Crippen LogP contribution in [0.2, 0.25) is 0 Å². The lowest BCUT2D eigenvalue weighted by atomic mass is 9.98. The van der Waals surface area contributed by atoms with Gasteiger partial charge in [-0.2, -0.15) is 5.26 Å². The highest BCUT2D eigenvalue weighted by Gasteiger charge is 2.17. The van der Waals surface area contributed by atoms with Crippen LogP contribution in [0.3, 0.4) is 0 Å². The van der Waals surface area contributed by atoms with Crippen molar-refractivity contribution in [1.29, 1.82) is 5.26 Å². The third kappa shape index (κ3) is 2.42. The van der Waals surface area contributed by atoms with Crippen LogP contribution in [-0.2, 0) is 16.5 Å². The molecule has 0 bridgehead atoms. The van der Waals surface area contributed by atoms with Crippen molar-refractivity contribution < 1.29 is 9.53 Å². The molecule has 84 valence electrons. The average Bonchev–Trinajstić information content (AvgIpc) is 2.35. The van der Waals surface area contributed by atoms with E-state index in [2.05, 4.69) is 20.7 Å². The van der Waals surface area contributed by atoms with Gasteiger partial charge in [-0.25, -0.2) is 4.79 Å². The summed E-state index contributed by atoms with van der Waals surface area (Å²) in [6, 6.07) is 5.69. The maximum atomic E-state index is 11.6. The molecule has 1 aromatic carbocycles. The monoisotopic (exact) mass is 281 g/mol. The van der Waals surface area contributed by atoms with Crippen LogP contribution in [0.15, 0.2) is 12.1 Å². The van der Waals surface area contributed by atoms with Crippen LogP contribution in [0, 0.1) is 11.3 Å². The fourth-order valence-electron chi connectivity index (χ4n) is 1.51. The number of ether oxygens (including phenoxy) is 1. The molecule has 0 aliphatic carbocycles. The van der Waals surface area contributed by atoms with Gasteiger partial charge in [0.15, 0.2) is 0 Å². The summed E-state index contributed by atoms with van der Waals surface area (Å²) in [6.45, 7) is 2.01. The molecule has 0 aliphatic heterocycles.